The number of hydrogen-bond donors (Lipinski definition) is 2. The average Bonchev–Trinajstić information content (AvgIpc) is 3.61. The first-order chi connectivity index (χ1) is 20.9. The van der Waals surface area contributed by atoms with E-state index in [1.807, 2.05) is 6.07 Å². The SMILES string of the molecule is Cc1cc(Oc2c(F)cccc2F)ncc1-n1ncc(C(=O)c2cc3cc4c(cc3[nH]2)CCCN4C2CCOCC2)c1N. The lowest BCUT2D eigenvalue weighted by atomic mass is 9.96. The van der Waals surface area contributed by atoms with Crippen LogP contribution in [0.3, 0.4) is 0 Å². The van der Waals surface area contributed by atoms with Crippen LogP contribution in [0, 0.1) is 18.6 Å². The first-order valence-electron chi connectivity index (χ1n) is 14.3. The summed E-state index contributed by atoms with van der Waals surface area (Å²) < 4.78 is 40.4. The second kappa shape index (κ2) is 10.8. The maximum Gasteiger partial charge on any atom is 0.219 e. The molecule has 0 unspecified atom stereocenters. The summed E-state index contributed by atoms with van der Waals surface area (Å²) in [5.41, 5.74) is 11.6. The first kappa shape index (κ1) is 27.1. The molecule has 1 saturated heterocycles. The number of fused-ring (bicyclic) bond motifs is 2. The number of benzene rings is 2. The Morgan fingerprint density at radius 2 is 1.88 bits per heavy atom. The number of rotatable bonds is 6. The molecule has 1 fully saturated rings. The number of para-hydroxylation sites is 1. The Morgan fingerprint density at radius 1 is 1.09 bits per heavy atom. The minimum Gasteiger partial charge on any atom is -0.433 e. The number of nitrogens with two attached hydrogens (primary N) is 1. The Bertz CT molecular complexity index is 1840. The summed E-state index contributed by atoms with van der Waals surface area (Å²) in [5.74, 6) is -2.34. The number of nitrogens with one attached hydrogen (secondary N) is 1. The van der Waals surface area contributed by atoms with Crippen LogP contribution in [0.15, 0.2) is 54.9 Å². The Kier molecular flexibility index (Phi) is 6.81. The number of aromatic amines is 1. The zero-order valence-electron chi connectivity index (χ0n) is 23.6. The second-order valence-corrected chi connectivity index (χ2v) is 11.0. The van der Waals surface area contributed by atoms with Gasteiger partial charge >= 0.3 is 0 Å². The normalized spacial score (nSPS) is 15.6. The maximum atomic E-state index is 14.0. The molecule has 0 atom stereocenters. The Hall–Kier alpha value is -4.77. The fourth-order valence-corrected chi connectivity index (χ4v) is 6.09. The molecule has 5 aromatic rings. The average molecular weight is 585 g/mol. The number of halogens is 2. The number of hydrogen-bond acceptors (Lipinski definition) is 7. The number of anilines is 2. The van der Waals surface area contributed by atoms with Crippen LogP contribution in [0.5, 0.6) is 11.6 Å². The summed E-state index contributed by atoms with van der Waals surface area (Å²) in [4.78, 5) is 23.6. The summed E-state index contributed by atoms with van der Waals surface area (Å²) in [6.45, 7) is 4.36. The molecular formula is C32H30F2N6O3. The molecule has 220 valence electrons. The molecule has 3 N–H and O–H groups in total. The van der Waals surface area contributed by atoms with Gasteiger partial charge in [-0.2, -0.15) is 5.10 Å². The lowest BCUT2D eigenvalue weighted by molar-refractivity contribution is 0.0841. The Balaban J connectivity index is 1.15. The lowest BCUT2D eigenvalue weighted by Gasteiger charge is -2.39. The number of nitrogens with zero attached hydrogens (tertiary/aromatic N) is 4. The van der Waals surface area contributed by atoms with Crippen molar-refractivity contribution in [2.45, 2.75) is 38.6 Å². The van der Waals surface area contributed by atoms with Gasteiger partial charge in [0.15, 0.2) is 11.6 Å². The van der Waals surface area contributed by atoms with Crippen LogP contribution in [-0.2, 0) is 11.2 Å². The van der Waals surface area contributed by atoms with E-state index in [1.165, 1.54) is 40.5 Å². The van der Waals surface area contributed by atoms with Crippen LogP contribution < -0.4 is 15.4 Å². The standard InChI is InChI=1S/C32H30F2N6O3/c1-18-12-29(43-31-23(33)5-2-6-24(31)34)36-17-28(18)40-32(35)22(16-37-40)30(41)26-14-20-15-27-19(13-25(20)38-26)4-3-9-39(27)21-7-10-42-11-8-21/h2,5-6,12-17,21,38H,3-4,7-11,35H2,1H3. The fourth-order valence-electron chi connectivity index (χ4n) is 6.09. The molecule has 7 rings (SSSR count). The summed E-state index contributed by atoms with van der Waals surface area (Å²) in [6, 6.07) is 11.7. The molecule has 2 aromatic carbocycles. The van der Waals surface area contributed by atoms with E-state index in [9.17, 15) is 13.6 Å². The van der Waals surface area contributed by atoms with Gasteiger partial charge in [0, 0.05) is 48.5 Å². The summed E-state index contributed by atoms with van der Waals surface area (Å²) in [7, 11) is 0. The minimum absolute atomic E-state index is 0.00318. The summed E-state index contributed by atoms with van der Waals surface area (Å²) in [5, 5.41) is 5.32. The summed E-state index contributed by atoms with van der Waals surface area (Å²) >= 11 is 0. The molecule has 0 saturated carbocycles. The van der Waals surface area contributed by atoms with Crippen LogP contribution in [0.1, 0.15) is 46.4 Å². The molecule has 2 aliphatic rings. The highest BCUT2D eigenvalue weighted by molar-refractivity contribution is 6.12. The zero-order chi connectivity index (χ0) is 29.7. The largest absolute Gasteiger partial charge is 0.433 e. The monoisotopic (exact) mass is 584 g/mol. The van der Waals surface area contributed by atoms with E-state index in [4.69, 9.17) is 15.2 Å². The number of pyridine rings is 1. The van der Waals surface area contributed by atoms with Crippen LogP contribution >= 0.6 is 0 Å². The molecule has 0 aliphatic carbocycles. The molecule has 9 nitrogen and oxygen atoms in total. The highest BCUT2D eigenvalue weighted by Gasteiger charge is 2.27. The number of H-pyrrole nitrogens is 1. The van der Waals surface area contributed by atoms with E-state index >= 15 is 0 Å². The van der Waals surface area contributed by atoms with Crippen molar-refractivity contribution in [3.05, 3.63) is 88.9 Å². The van der Waals surface area contributed by atoms with Gasteiger partial charge in [0.05, 0.1) is 29.3 Å². The van der Waals surface area contributed by atoms with Gasteiger partial charge in [-0.25, -0.2) is 18.4 Å². The Labute approximate surface area is 246 Å². The number of ketones is 1. The van der Waals surface area contributed by atoms with Crippen LogP contribution in [-0.4, -0.2) is 51.3 Å². The number of carbonyl (C=O) groups is 1. The van der Waals surface area contributed by atoms with Crippen LogP contribution in [0.4, 0.5) is 20.3 Å². The number of ether oxygens (including phenoxy) is 2. The molecule has 43 heavy (non-hydrogen) atoms. The molecule has 0 radical (unpaired) electrons. The third kappa shape index (κ3) is 4.89. The van der Waals surface area contributed by atoms with Gasteiger partial charge in [0.1, 0.15) is 5.82 Å². The molecule has 3 aromatic heterocycles. The zero-order valence-corrected chi connectivity index (χ0v) is 23.6. The van der Waals surface area contributed by atoms with E-state index in [2.05, 4.69) is 32.1 Å². The lowest BCUT2D eigenvalue weighted by Crippen LogP contribution is -2.42. The third-order valence-corrected chi connectivity index (χ3v) is 8.31. The predicted octanol–water partition coefficient (Wildman–Crippen LogP) is 5.87. The van der Waals surface area contributed by atoms with Crippen molar-refractivity contribution in [1.29, 1.82) is 0 Å². The van der Waals surface area contributed by atoms with Gasteiger partial charge in [0.2, 0.25) is 17.4 Å². The van der Waals surface area contributed by atoms with E-state index in [0.717, 1.165) is 68.5 Å². The van der Waals surface area contributed by atoms with Gasteiger partial charge in [-0.1, -0.05) is 6.07 Å². The van der Waals surface area contributed by atoms with Gasteiger partial charge in [-0.05, 0) is 74.1 Å². The van der Waals surface area contributed by atoms with E-state index in [-0.39, 0.29) is 23.0 Å². The molecule has 5 heterocycles. The van der Waals surface area contributed by atoms with Gasteiger partial charge in [-0.15, -0.1) is 0 Å². The fraction of sp³-hybridized carbons (Fsp3) is 0.281. The molecule has 2 aliphatic heterocycles. The topological polar surface area (TPSA) is 111 Å². The molecule has 11 heteroatoms. The quantitative estimate of drug-likeness (QED) is 0.240. The second-order valence-electron chi connectivity index (χ2n) is 11.0. The van der Waals surface area contributed by atoms with Crippen molar-refractivity contribution in [2.24, 2.45) is 0 Å². The summed E-state index contributed by atoms with van der Waals surface area (Å²) in [6.07, 6.45) is 7.00. The van der Waals surface area contributed by atoms with Crippen molar-refractivity contribution in [3.63, 3.8) is 0 Å². The smallest absolute Gasteiger partial charge is 0.219 e. The van der Waals surface area contributed by atoms with Crippen molar-refractivity contribution in [3.8, 4) is 17.3 Å². The van der Waals surface area contributed by atoms with Crippen molar-refractivity contribution in [1.82, 2.24) is 19.7 Å². The van der Waals surface area contributed by atoms with Crippen LogP contribution in [0.25, 0.3) is 16.6 Å². The number of aromatic nitrogens is 4. The number of aryl methyl sites for hydroxylation is 2. The maximum absolute atomic E-state index is 14.0. The number of carbonyl (C=O) groups excluding carboxylic acids is 1. The Morgan fingerprint density at radius 3 is 2.65 bits per heavy atom. The minimum atomic E-state index is -0.836. The molecular weight excluding hydrogens is 554 g/mol. The third-order valence-electron chi connectivity index (χ3n) is 8.31. The van der Waals surface area contributed by atoms with Crippen molar-refractivity contribution in [2.75, 3.05) is 30.4 Å². The van der Waals surface area contributed by atoms with Gasteiger partial charge in [0.25, 0.3) is 0 Å². The van der Waals surface area contributed by atoms with E-state index in [0.29, 0.717) is 23.0 Å². The van der Waals surface area contributed by atoms with Crippen molar-refractivity contribution >= 4 is 28.2 Å². The highest BCUT2D eigenvalue weighted by atomic mass is 19.1. The molecule has 0 amide bonds. The van der Waals surface area contributed by atoms with Gasteiger partial charge in [-0.3, -0.25) is 4.79 Å². The molecule has 0 spiro atoms. The predicted molar refractivity (Wildman–Crippen MR) is 158 cm³/mol. The van der Waals surface area contributed by atoms with E-state index in [1.54, 1.807) is 6.92 Å². The first-order valence-corrected chi connectivity index (χ1v) is 14.3. The molecule has 0 bridgehead atoms. The van der Waals surface area contributed by atoms with Gasteiger partial charge < -0.3 is 25.1 Å². The van der Waals surface area contributed by atoms with E-state index < -0.39 is 17.4 Å². The number of nitrogen functional groups attached to an aromatic ring is 1. The van der Waals surface area contributed by atoms with Crippen LogP contribution in [0.2, 0.25) is 0 Å². The van der Waals surface area contributed by atoms with Crippen molar-refractivity contribution < 1.29 is 23.0 Å². The highest BCUT2D eigenvalue weighted by Crippen LogP contribution is 2.36.